The molecule has 2 aromatic rings. The van der Waals surface area contributed by atoms with Crippen LogP contribution in [0.2, 0.25) is 0 Å². The van der Waals surface area contributed by atoms with E-state index in [-0.39, 0.29) is 30.3 Å². The highest BCUT2D eigenvalue weighted by molar-refractivity contribution is 7.89. The summed E-state index contributed by atoms with van der Waals surface area (Å²) in [5.41, 5.74) is 0.484. The lowest BCUT2D eigenvalue weighted by Crippen LogP contribution is -2.51. The summed E-state index contributed by atoms with van der Waals surface area (Å²) in [4.78, 5) is 12.6. The molecule has 2 rings (SSSR count). The normalized spacial score (nSPS) is 13.6. The molecule has 0 saturated heterocycles. The van der Waals surface area contributed by atoms with Crippen molar-refractivity contribution < 1.29 is 27.8 Å². The van der Waals surface area contributed by atoms with Gasteiger partial charge < -0.3 is 19.9 Å². The van der Waals surface area contributed by atoms with Crippen molar-refractivity contribution in [3.63, 3.8) is 0 Å². The number of alkyl carbamates (subject to hydrolysis) is 1. The molecule has 2 atom stereocenters. The predicted octanol–water partition coefficient (Wildman–Crippen LogP) is 3.71. The number of ether oxygens (including phenoxy) is 2. The number of amides is 1. The van der Waals surface area contributed by atoms with Crippen LogP contribution in [-0.4, -0.2) is 61.9 Å². The van der Waals surface area contributed by atoms with E-state index < -0.39 is 33.9 Å². The molecule has 0 spiro atoms. The number of carbonyl (C=O) groups is 1. The molecule has 0 unspecified atom stereocenters. The number of aliphatic hydroxyl groups is 1. The summed E-state index contributed by atoms with van der Waals surface area (Å²) in [6, 6.07) is 14.0. The highest BCUT2D eigenvalue weighted by Gasteiger charge is 2.32. The van der Waals surface area contributed by atoms with Gasteiger partial charge in [-0.3, -0.25) is 0 Å². The zero-order chi connectivity index (χ0) is 27.8. The van der Waals surface area contributed by atoms with E-state index in [1.165, 1.54) is 23.5 Å². The van der Waals surface area contributed by atoms with Crippen molar-refractivity contribution in [2.24, 2.45) is 5.92 Å². The van der Waals surface area contributed by atoms with Crippen molar-refractivity contribution in [3.05, 3.63) is 59.7 Å². The molecule has 0 fully saturated rings. The molecule has 10 heteroatoms. The molecule has 0 aromatic heterocycles. The third-order valence-corrected chi connectivity index (χ3v) is 7.21. The van der Waals surface area contributed by atoms with Gasteiger partial charge in [-0.25, -0.2) is 13.2 Å². The quantitative estimate of drug-likeness (QED) is 0.452. The van der Waals surface area contributed by atoms with Crippen LogP contribution in [-0.2, 0) is 21.2 Å². The summed E-state index contributed by atoms with van der Waals surface area (Å²) in [7, 11) is -2.45. The second-order valence-corrected chi connectivity index (χ2v) is 12.2. The number of hydrogen-bond donors (Lipinski definition) is 2. The van der Waals surface area contributed by atoms with Gasteiger partial charge in [0.05, 0.1) is 35.8 Å². The molecule has 0 aliphatic rings. The van der Waals surface area contributed by atoms with Gasteiger partial charge >= 0.3 is 6.09 Å². The van der Waals surface area contributed by atoms with Gasteiger partial charge in [-0.2, -0.15) is 9.57 Å². The summed E-state index contributed by atoms with van der Waals surface area (Å²) >= 11 is 0. The number of carbonyl (C=O) groups excluding carboxylic acids is 1. The molecule has 0 aliphatic heterocycles. The molecule has 0 heterocycles. The maximum Gasteiger partial charge on any atom is 0.407 e. The van der Waals surface area contributed by atoms with Crippen LogP contribution in [0, 0.1) is 17.2 Å². The summed E-state index contributed by atoms with van der Waals surface area (Å²) < 4.78 is 38.7. The molecule has 0 radical (unpaired) electrons. The maximum absolute atomic E-state index is 13.5. The number of benzene rings is 2. The third-order valence-electron chi connectivity index (χ3n) is 5.36. The first-order valence-corrected chi connectivity index (χ1v) is 13.5. The van der Waals surface area contributed by atoms with Crippen molar-refractivity contribution in [3.8, 4) is 11.8 Å². The van der Waals surface area contributed by atoms with Crippen LogP contribution < -0.4 is 10.1 Å². The van der Waals surface area contributed by atoms with Gasteiger partial charge in [-0.15, -0.1) is 0 Å². The Morgan fingerprint density at radius 1 is 1.08 bits per heavy atom. The predicted molar refractivity (Wildman–Crippen MR) is 141 cm³/mol. The number of nitriles is 1. The molecule has 2 N–H and O–H groups in total. The number of nitrogens with zero attached hydrogens (tertiary/aromatic N) is 2. The molecule has 0 aliphatic carbocycles. The number of methoxy groups -OCH3 is 1. The average Bonchev–Trinajstić information content (AvgIpc) is 2.82. The van der Waals surface area contributed by atoms with Gasteiger partial charge in [-0.05, 0) is 75.1 Å². The molecular weight excluding hydrogens is 494 g/mol. The van der Waals surface area contributed by atoms with Crippen molar-refractivity contribution in [1.82, 2.24) is 9.62 Å². The zero-order valence-electron chi connectivity index (χ0n) is 22.3. The van der Waals surface area contributed by atoms with Crippen molar-refractivity contribution in [2.75, 3.05) is 20.2 Å². The summed E-state index contributed by atoms with van der Waals surface area (Å²) in [6.45, 7) is 8.87. The largest absolute Gasteiger partial charge is 0.497 e. The Morgan fingerprint density at radius 3 is 2.16 bits per heavy atom. The summed E-state index contributed by atoms with van der Waals surface area (Å²) in [5, 5.41) is 23.0. The molecule has 0 saturated carbocycles. The minimum atomic E-state index is -3.95. The van der Waals surface area contributed by atoms with Crippen molar-refractivity contribution in [1.29, 1.82) is 5.26 Å². The summed E-state index contributed by atoms with van der Waals surface area (Å²) in [5.74, 6) is 0.509. The van der Waals surface area contributed by atoms with Crippen LogP contribution >= 0.6 is 0 Å². The topological polar surface area (TPSA) is 129 Å². The lowest BCUT2D eigenvalue weighted by Gasteiger charge is -2.31. The first-order chi connectivity index (χ1) is 17.2. The smallest absolute Gasteiger partial charge is 0.407 e. The number of nitrogens with one attached hydrogen (secondary N) is 1. The van der Waals surface area contributed by atoms with Crippen LogP contribution in [0.25, 0.3) is 0 Å². The van der Waals surface area contributed by atoms with E-state index in [0.29, 0.717) is 11.3 Å². The number of aliphatic hydroxyl groups excluding tert-OH is 1. The van der Waals surface area contributed by atoms with E-state index >= 15 is 0 Å². The van der Waals surface area contributed by atoms with E-state index in [0.717, 1.165) is 5.56 Å². The van der Waals surface area contributed by atoms with Gasteiger partial charge in [0, 0.05) is 13.1 Å². The molecule has 1 amide bonds. The number of hydrogen-bond acceptors (Lipinski definition) is 7. The Hall–Kier alpha value is -3.13. The minimum Gasteiger partial charge on any atom is -0.497 e. The van der Waals surface area contributed by atoms with Gasteiger partial charge in [0.25, 0.3) is 0 Å². The fourth-order valence-corrected chi connectivity index (χ4v) is 5.24. The van der Waals surface area contributed by atoms with Crippen LogP contribution in [0.4, 0.5) is 4.79 Å². The Labute approximate surface area is 220 Å². The Morgan fingerprint density at radius 2 is 1.68 bits per heavy atom. The molecule has 9 nitrogen and oxygen atoms in total. The Kier molecular flexibility index (Phi) is 10.5. The standard InChI is InChI=1S/C27H37N3O6S/c1-19(2)17-30(37(33,34)23-13-11-22(35-6)12-14-23)18-25(31)24(29-26(32)36-27(3,4)5)15-20-7-9-21(16-28)10-8-20/h7-14,19,24-25,31H,15,17-18H2,1-6H3,(H,29,32)/t24-,25+/m0/s1. The van der Waals surface area contributed by atoms with Crippen LogP contribution in [0.3, 0.4) is 0 Å². The fourth-order valence-electron chi connectivity index (χ4n) is 3.62. The molecular formula is C27H37N3O6S. The Bertz CT molecular complexity index is 1170. The van der Waals surface area contributed by atoms with E-state index in [1.807, 2.05) is 13.8 Å². The van der Waals surface area contributed by atoms with Crippen LogP contribution in [0.5, 0.6) is 5.75 Å². The maximum atomic E-state index is 13.5. The van der Waals surface area contributed by atoms with Gasteiger partial charge in [0.2, 0.25) is 10.0 Å². The van der Waals surface area contributed by atoms with Gasteiger partial charge in [0.15, 0.2) is 0 Å². The first kappa shape index (κ1) is 30.1. The third kappa shape index (κ3) is 9.35. The lowest BCUT2D eigenvalue weighted by atomic mass is 10.00. The second-order valence-electron chi connectivity index (χ2n) is 10.2. The number of sulfonamides is 1. The van der Waals surface area contributed by atoms with E-state index in [1.54, 1.807) is 57.2 Å². The minimum absolute atomic E-state index is 0.0176. The lowest BCUT2D eigenvalue weighted by molar-refractivity contribution is 0.0400. The number of rotatable bonds is 11. The first-order valence-electron chi connectivity index (χ1n) is 12.1. The fraction of sp³-hybridized carbons (Fsp3) is 0.481. The van der Waals surface area contributed by atoms with Crippen LogP contribution in [0.1, 0.15) is 45.7 Å². The van der Waals surface area contributed by atoms with E-state index in [2.05, 4.69) is 11.4 Å². The highest BCUT2D eigenvalue weighted by atomic mass is 32.2. The van der Waals surface area contributed by atoms with E-state index in [4.69, 9.17) is 14.7 Å². The second kappa shape index (κ2) is 12.9. The monoisotopic (exact) mass is 531 g/mol. The Balaban J connectivity index is 2.34. The molecule has 0 bridgehead atoms. The van der Waals surface area contributed by atoms with E-state index in [9.17, 15) is 18.3 Å². The van der Waals surface area contributed by atoms with Crippen molar-refractivity contribution >= 4 is 16.1 Å². The van der Waals surface area contributed by atoms with Crippen molar-refractivity contribution in [2.45, 2.75) is 63.7 Å². The van der Waals surface area contributed by atoms with Crippen LogP contribution in [0.15, 0.2) is 53.4 Å². The molecule has 202 valence electrons. The molecule has 2 aromatic carbocycles. The molecule has 37 heavy (non-hydrogen) atoms. The van der Waals surface area contributed by atoms with Gasteiger partial charge in [0.1, 0.15) is 11.4 Å². The SMILES string of the molecule is COc1ccc(S(=O)(=O)N(CC(C)C)C[C@@H](O)[C@H](Cc2ccc(C#N)cc2)NC(=O)OC(C)(C)C)cc1. The zero-order valence-corrected chi connectivity index (χ0v) is 23.1. The average molecular weight is 532 g/mol. The highest BCUT2D eigenvalue weighted by Crippen LogP contribution is 2.22. The van der Waals surface area contributed by atoms with Gasteiger partial charge in [-0.1, -0.05) is 26.0 Å². The summed E-state index contributed by atoms with van der Waals surface area (Å²) in [6.07, 6.45) is -1.78.